The molecular formula is C14H36N2OSi2. The molecule has 0 aliphatic carbocycles. The Morgan fingerprint density at radius 3 is 0.947 bits per heavy atom. The first kappa shape index (κ1) is 19.3. The second kappa shape index (κ2) is 8.57. The average molecular weight is 305 g/mol. The molecule has 0 fully saturated rings. The topological polar surface area (TPSA) is 15.7 Å². The van der Waals surface area contributed by atoms with Gasteiger partial charge in [-0.05, 0) is 37.3 Å². The zero-order chi connectivity index (χ0) is 15.3. The fraction of sp³-hybridized carbons (Fsp3) is 1.00. The van der Waals surface area contributed by atoms with Crippen molar-refractivity contribution in [2.24, 2.45) is 0 Å². The van der Waals surface area contributed by atoms with Gasteiger partial charge in [-0.2, -0.15) is 0 Å². The summed E-state index contributed by atoms with van der Waals surface area (Å²) in [5, 5.41) is 0. The van der Waals surface area contributed by atoms with Gasteiger partial charge >= 0.3 is 0 Å². The van der Waals surface area contributed by atoms with Gasteiger partial charge in [-0.25, -0.2) is 0 Å². The number of rotatable bonds is 8. The van der Waals surface area contributed by atoms with Crippen molar-refractivity contribution in [2.45, 2.75) is 92.7 Å². The van der Waals surface area contributed by atoms with Crippen LogP contribution in [-0.2, 0) is 4.12 Å². The van der Waals surface area contributed by atoms with Gasteiger partial charge in [0.25, 0.3) is 0 Å². The van der Waals surface area contributed by atoms with E-state index in [1.54, 1.807) is 0 Å². The van der Waals surface area contributed by atoms with Crippen molar-refractivity contribution in [1.82, 2.24) is 9.13 Å². The number of hydrogen-bond acceptors (Lipinski definition) is 3. The predicted molar refractivity (Wildman–Crippen MR) is 91.3 cm³/mol. The van der Waals surface area contributed by atoms with Gasteiger partial charge in [-0.3, -0.25) is 0 Å². The highest BCUT2D eigenvalue weighted by atomic mass is 28.4. The third-order valence-electron chi connectivity index (χ3n) is 3.62. The van der Waals surface area contributed by atoms with Crippen molar-refractivity contribution in [1.29, 1.82) is 0 Å². The Labute approximate surface area is 124 Å². The van der Waals surface area contributed by atoms with Gasteiger partial charge in [-0.15, -0.1) is 0 Å². The highest BCUT2D eigenvalue weighted by molar-refractivity contribution is 6.61. The molecule has 0 aromatic heterocycles. The standard InChI is InChI=1S/C14H36N2OSi2/c1-11(2)15(12(3)4)18(9)17-19(10)16(13(5)6)14(7)8/h11-14,18-19H,1-10H3. The molecule has 0 rings (SSSR count). The molecule has 0 aliphatic rings. The lowest BCUT2D eigenvalue weighted by molar-refractivity contribution is 0.238. The first-order chi connectivity index (χ1) is 8.59. The normalized spacial score (nSPS) is 16.4. The molecule has 19 heavy (non-hydrogen) atoms. The maximum Gasteiger partial charge on any atom is 0.242 e. The molecule has 116 valence electrons. The van der Waals surface area contributed by atoms with Gasteiger partial charge in [0.1, 0.15) is 0 Å². The molecule has 0 bridgehead atoms. The summed E-state index contributed by atoms with van der Waals surface area (Å²) in [6.45, 7) is 22.9. The number of hydrogen-bond donors (Lipinski definition) is 0. The molecule has 0 heterocycles. The summed E-state index contributed by atoms with van der Waals surface area (Å²) in [7, 11) is -2.55. The third kappa shape index (κ3) is 6.08. The summed E-state index contributed by atoms with van der Waals surface area (Å²) in [5.74, 6) is 0. The molecular weight excluding hydrogens is 268 g/mol. The molecule has 0 amide bonds. The van der Waals surface area contributed by atoms with Crippen molar-refractivity contribution in [3.05, 3.63) is 0 Å². The van der Waals surface area contributed by atoms with E-state index < -0.39 is 18.4 Å². The fourth-order valence-corrected chi connectivity index (χ4v) is 10.1. The summed E-state index contributed by atoms with van der Waals surface area (Å²) in [6, 6.07) is 2.31. The van der Waals surface area contributed by atoms with E-state index in [-0.39, 0.29) is 0 Å². The number of nitrogens with zero attached hydrogens (tertiary/aromatic N) is 2. The first-order valence-corrected chi connectivity index (χ1v) is 12.1. The van der Waals surface area contributed by atoms with Gasteiger partial charge < -0.3 is 13.2 Å². The van der Waals surface area contributed by atoms with E-state index in [0.29, 0.717) is 24.2 Å². The zero-order valence-corrected chi connectivity index (χ0v) is 17.1. The second-order valence-corrected chi connectivity index (χ2v) is 11.3. The van der Waals surface area contributed by atoms with Crippen LogP contribution in [-0.4, -0.2) is 51.7 Å². The van der Waals surface area contributed by atoms with Crippen LogP contribution in [0.2, 0.25) is 13.1 Å². The van der Waals surface area contributed by atoms with Crippen LogP contribution in [0.3, 0.4) is 0 Å². The summed E-state index contributed by atoms with van der Waals surface area (Å²) in [4.78, 5) is 0. The molecule has 0 aromatic carbocycles. The molecule has 0 aliphatic heterocycles. The lowest BCUT2D eigenvalue weighted by Gasteiger charge is -2.41. The van der Waals surface area contributed by atoms with Gasteiger partial charge in [0.05, 0.1) is 0 Å². The van der Waals surface area contributed by atoms with Crippen molar-refractivity contribution in [2.75, 3.05) is 0 Å². The van der Waals surface area contributed by atoms with Crippen LogP contribution in [0.25, 0.3) is 0 Å². The quantitative estimate of drug-likeness (QED) is 0.641. The maximum absolute atomic E-state index is 6.55. The molecule has 0 N–H and O–H groups in total. The maximum atomic E-state index is 6.55. The summed E-state index contributed by atoms with van der Waals surface area (Å²) in [6.07, 6.45) is 0. The predicted octanol–water partition coefficient (Wildman–Crippen LogP) is 2.94. The lowest BCUT2D eigenvalue weighted by Crippen LogP contribution is -2.55. The van der Waals surface area contributed by atoms with E-state index in [9.17, 15) is 0 Å². The Kier molecular flexibility index (Phi) is 8.71. The van der Waals surface area contributed by atoms with E-state index in [2.05, 4.69) is 77.6 Å². The van der Waals surface area contributed by atoms with E-state index >= 15 is 0 Å². The highest BCUT2D eigenvalue weighted by Gasteiger charge is 2.29. The minimum atomic E-state index is -1.28. The molecule has 2 unspecified atom stereocenters. The van der Waals surface area contributed by atoms with Crippen molar-refractivity contribution in [3.8, 4) is 0 Å². The van der Waals surface area contributed by atoms with E-state index in [1.807, 2.05) is 0 Å². The van der Waals surface area contributed by atoms with Gasteiger partial charge in [0.2, 0.25) is 18.4 Å². The molecule has 0 aromatic rings. The average Bonchev–Trinajstić information content (AvgIpc) is 2.13. The lowest BCUT2D eigenvalue weighted by atomic mass is 10.3. The molecule has 0 saturated carbocycles. The second-order valence-electron chi connectivity index (χ2n) is 6.60. The van der Waals surface area contributed by atoms with Gasteiger partial charge in [0, 0.05) is 0 Å². The van der Waals surface area contributed by atoms with Gasteiger partial charge in [0.15, 0.2) is 0 Å². The van der Waals surface area contributed by atoms with E-state index in [1.165, 1.54) is 0 Å². The van der Waals surface area contributed by atoms with Crippen molar-refractivity contribution < 1.29 is 4.12 Å². The SMILES string of the molecule is CC(C)N(C(C)C)[SiH](C)O[SiH](C)N(C(C)C)C(C)C. The van der Waals surface area contributed by atoms with Crippen LogP contribution in [0.1, 0.15) is 55.4 Å². The Hall–Kier alpha value is 0.314. The van der Waals surface area contributed by atoms with Crippen LogP contribution >= 0.6 is 0 Å². The van der Waals surface area contributed by atoms with Crippen LogP contribution in [0.4, 0.5) is 0 Å². The molecule has 0 saturated heterocycles. The van der Waals surface area contributed by atoms with Crippen molar-refractivity contribution >= 4 is 18.4 Å². The Balaban J connectivity index is 4.72. The molecule has 5 heteroatoms. The molecule has 0 spiro atoms. The highest BCUT2D eigenvalue weighted by Crippen LogP contribution is 2.14. The summed E-state index contributed by atoms with van der Waals surface area (Å²) < 4.78 is 11.7. The Morgan fingerprint density at radius 2 is 0.789 bits per heavy atom. The fourth-order valence-electron chi connectivity index (χ4n) is 3.30. The Morgan fingerprint density at radius 1 is 0.579 bits per heavy atom. The molecule has 2 atom stereocenters. The zero-order valence-electron chi connectivity index (χ0n) is 14.8. The molecule has 3 nitrogen and oxygen atoms in total. The van der Waals surface area contributed by atoms with E-state index in [4.69, 9.17) is 4.12 Å². The van der Waals surface area contributed by atoms with E-state index in [0.717, 1.165) is 0 Å². The largest absolute Gasteiger partial charge is 0.437 e. The van der Waals surface area contributed by atoms with Gasteiger partial charge in [-0.1, -0.05) is 55.4 Å². The summed E-state index contributed by atoms with van der Waals surface area (Å²) in [5.41, 5.74) is 0. The third-order valence-corrected chi connectivity index (χ3v) is 10.8. The first-order valence-electron chi connectivity index (χ1n) is 7.79. The van der Waals surface area contributed by atoms with Crippen LogP contribution in [0.15, 0.2) is 0 Å². The van der Waals surface area contributed by atoms with Crippen LogP contribution in [0.5, 0.6) is 0 Å². The smallest absolute Gasteiger partial charge is 0.242 e. The summed E-state index contributed by atoms with van der Waals surface area (Å²) >= 11 is 0. The minimum Gasteiger partial charge on any atom is -0.437 e. The Bertz CT molecular complexity index is 208. The molecule has 0 radical (unpaired) electrons. The van der Waals surface area contributed by atoms with Crippen molar-refractivity contribution in [3.63, 3.8) is 0 Å². The van der Waals surface area contributed by atoms with Crippen LogP contribution in [0, 0.1) is 0 Å². The van der Waals surface area contributed by atoms with Crippen LogP contribution < -0.4 is 0 Å². The monoisotopic (exact) mass is 304 g/mol. The minimum absolute atomic E-state index is 0.578.